The van der Waals surface area contributed by atoms with Crippen molar-refractivity contribution in [3.05, 3.63) is 50.4 Å². The zero-order chi connectivity index (χ0) is 25.9. The van der Waals surface area contributed by atoms with E-state index in [0.29, 0.717) is 30.1 Å². The van der Waals surface area contributed by atoms with Crippen LogP contribution in [0.3, 0.4) is 0 Å². The maximum atomic E-state index is 12.5. The Morgan fingerprint density at radius 2 is 1.86 bits per heavy atom. The first-order chi connectivity index (χ1) is 17.1. The van der Waals surface area contributed by atoms with Crippen LogP contribution in [0.25, 0.3) is 0 Å². The van der Waals surface area contributed by atoms with E-state index in [4.69, 9.17) is 26.4 Å². The van der Waals surface area contributed by atoms with Crippen molar-refractivity contribution >= 4 is 51.2 Å². The van der Waals surface area contributed by atoms with E-state index in [1.54, 1.807) is 0 Å². The number of hydrogen-bond acceptors (Lipinski definition) is 7. The minimum absolute atomic E-state index is 0. The van der Waals surface area contributed by atoms with Crippen molar-refractivity contribution in [1.82, 2.24) is 9.88 Å². The SMILES string of the molecule is Cc1nc(C2CCC(N3C[C@H](CS(=O)(=O)CCC(=O)O)OC[C@@H]3Cc3ccc(Cl)cc3)CC2)sc1C.Cl. The van der Waals surface area contributed by atoms with Gasteiger partial charge in [-0.1, -0.05) is 23.7 Å². The zero-order valence-electron chi connectivity index (χ0n) is 21.3. The molecule has 2 aliphatic rings. The maximum Gasteiger partial charge on any atom is 0.304 e. The predicted molar refractivity (Wildman–Crippen MR) is 150 cm³/mol. The van der Waals surface area contributed by atoms with E-state index in [0.717, 1.165) is 37.8 Å². The summed E-state index contributed by atoms with van der Waals surface area (Å²) in [5, 5.41) is 10.8. The van der Waals surface area contributed by atoms with Crippen LogP contribution in [0.5, 0.6) is 0 Å². The van der Waals surface area contributed by atoms with E-state index < -0.39 is 21.9 Å². The topological polar surface area (TPSA) is 96.8 Å². The summed E-state index contributed by atoms with van der Waals surface area (Å²) in [5.74, 6) is -1.11. The standard InChI is InChI=1S/C26H35ClN2O5S2.ClH/c1-17-18(2)35-26(28-17)20-5-9-22(10-6-20)29-14-24(16-36(32,33)12-11-25(30)31)34-15-23(29)13-19-3-7-21(27)8-4-19;/h3-4,7-8,20,22-24H,5-6,9-16H2,1-2H3,(H,30,31);1H/t20?,22?,23-,24+;/m0./s1. The summed E-state index contributed by atoms with van der Waals surface area (Å²) in [7, 11) is -3.51. The Morgan fingerprint density at radius 3 is 2.46 bits per heavy atom. The Balaban J connectivity index is 0.00000380. The fourth-order valence-electron chi connectivity index (χ4n) is 5.33. The Hall–Kier alpha value is -1.23. The number of ether oxygens (including phenoxy) is 1. The number of nitrogens with zero attached hydrogens (tertiary/aromatic N) is 2. The molecule has 0 unspecified atom stereocenters. The second-order valence-electron chi connectivity index (χ2n) is 10.1. The van der Waals surface area contributed by atoms with Gasteiger partial charge in [0.2, 0.25) is 0 Å². The molecular weight excluding hydrogens is 555 g/mol. The van der Waals surface area contributed by atoms with Crippen LogP contribution in [0, 0.1) is 13.8 Å². The average molecular weight is 592 g/mol. The minimum atomic E-state index is -3.51. The zero-order valence-corrected chi connectivity index (χ0v) is 24.5. The van der Waals surface area contributed by atoms with Gasteiger partial charge in [-0.3, -0.25) is 9.69 Å². The molecule has 7 nitrogen and oxygen atoms in total. The molecule has 1 aromatic heterocycles. The van der Waals surface area contributed by atoms with Gasteiger partial charge >= 0.3 is 5.97 Å². The molecule has 4 rings (SSSR count). The van der Waals surface area contributed by atoms with Crippen LogP contribution in [0.4, 0.5) is 0 Å². The molecule has 0 bridgehead atoms. The third-order valence-corrected chi connectivity index (χ3v) is 10.6. The van der Waals surface area contributed by atoms with Gasteiger partial charge in [0.15, 0.2) is 9.84 Å². The number of aromatic nitrogens is 1. The molecule has 0 spiro atoms. The number of thiazole rings is 1. The van der Waals surface area contributed by atoms with Crippen LogP contribution in [0.15, 0.2) is 24.3 Å². The lowest BCUT2D eigenvalue weighted by Crippen LogP contribution is -2.56. The van der Waals surface area contributed by atoms with E-state index in [1.807, 2.05) is 35.6 Å². The van der Waals surface area contributed by atoms with E-state index in [9.17, 15) is 13.2 Å². The van der Waals surface area contributed by atoms with Crippen molar-refractivity contribution in [2.45, 2.75) is 76.5 Å². The number of benzene rings is 1. The molecule has 2 atom stereocenters. The highest BCUT2D eigenvalue weighted by Crippen LogP contribution is 2.38. The van der Waals surface area contributed by atoms with Gasteiger partial charge in [0.1, 0.15) is 0 Å². The molecular formula is C26H36Cl2N2O5S2. The number of hydrogen-bond donors (Lipinski definition) is 1. The molecule has 1 N–H and O–H groups in total. The van der Waals surface area contributed by atoms with Gasteiger partial charge < -0.3 is 9.84 Å². The molecule has 2 fully saturated rings. The summed E-state index contributed by atoms with van der Waals surface area (Å²) >= 11 is 7.88. The lowest BCUT2D eigenvalue weighted by Gasteiger charge is -2.46. The molecule has 1 aliphatic heterocycles. The Morgan fingerprint density at radius 1 is 1.19 bits per heavy atom. The molecule has 37 heavy (non-hydrogen) atoms. The monoisotopic (exact) mass is 590 g/mol. The molecule has 1 aliphatic carbocycles. The second kappa shape index (κ2) is 13.2. The lowest BCUT2D eigenvalue weighted by atomic mass is 9.84. The molecule has 0 radical (unpaired) electrons. The summed E-state index contributed by atoms with van der Waals surface area (Å²) in [4.78, 5) is 19.4. The van der Waals surface area contributed by atoms with Crippen molar-refractivity contribution in [3.63, 3.8) is 0 Å². The largest absolute Gasteiger partial charge is 0.481 e. The number of carboxylic acids is 1. The second-order valence-corrected chi connectivity index (χ2v) is 14.0. The van der Waals surface area contributed by atoms with Crippen molar-refractivity contribution in [2.75, 3.05) is 24.7 Å². The number of carbonyl (C=O) groups is 1. The van der Waals surface area contributed by atoms with Gasteiger partial charge in [-0.25, -0.2) is 13.4 Å². The van der Waals surface area contributed by atoms with E-state index in [-0.39, 0.29) is 36.4 Å². The van der Waals surface area contributed by atoms with Crippen LogP contribution in [-0.2, 0) is 25.8 Å². The number of rotatable bonds is 9. The molecule has 11 heteroatoms. The summed E-state index contributed by atoms with van der Waals surface area (Å²) in [6.45, 7) is 5.19. The third kappa shape index (κ3) is 8.38. The number of aliphatic carboxylic acids is 1. The van der Waals surface area contributed by atoms with Gasteiger partial charge in [-0.05, 0) is 63.6 Å². The number of sulfone groups is 1. The van der Waals surface area contributed by atoms with Crippen molar-refractivity contribution in [3.8, 4) is 0 Å². The molecule has 0 amide bonds. The normalized spacial score (nSPS) is 24.9. The summed E-state index contributed by atoms with van der Waals surface area (Å²) < 4.78 is 31.1. The van der Waals surface area contributed by atoms with Gasteiger partial charge in [0.25, 0.3) is 0 Å². The highest BCUT2D eigenvalue weighted by Gasteiger charge is 2.37. The first-order valence-corrected chi connectivity index (χ1v) is 15.6. The maximum absolute atomic E-state index is 12.5. The summed E-state index contributed by atoms with van der Waals surface area (Å²) in [6.07, 6.45) is 4.20. The van der Waals surface area contributed by atoms with E-state index >= 15 is 0 Å². The molecule has 2 aromatic rings. The van der Waals surface area contributed by atoms with E-state index in [2.05, 4.69) is 18.7 Å². The molecule has 206 valence electrons. The highest BCUT2D eigenvalue weighted by atomic mass is 35.5. The Kier molecular flexibility index (Phi) is 10.8. The number of carboxylic acid groups (broad SMARTS) is 1. The van der Waals surface area contributed by atoms with Crippen molar-refractivity contribution in [2.24, 2.45) is 0 Å². The highest BCUT2D eigenvalue weighted by molar-refractivity contribution is 7.91. The smallest absolute Gasteiger partial charge is 0.304 e. The lowest BCUT2D eigenvalue weighted by molar-refractivity contribution is -0.136. The van der Waals surface area contributed by atoms with Crippen LogP contribution >= 0.6 is 35.3 Å². The Labute approximate surface area is 234 Å². The predicted octanol–water partition coefficient (Wildman–Crippen LogP) is 5.06. The van der Waals surface area contributed by atoms with Gasteiger partial charge in [0, 0.05) is 34.4 Å². The number of morpholine rings is 1. The fraction of sp³-hybridized carbons (Fsp3) is 0.615. The van der Waals surface area contributed by atoms with Crippen molar-refractivity contribution in [1.29, 1.82) is 0 Å². The minimum Gasteiger partial charge on any atom is -0.481 e. The first kappa shape index (κ1) is 30.3. The summed E-state index contributed by atoms with van der Waals surface area (Å²) in [6, 6.07) is 8.36. The van der Waals surface area contributed by atoms with Crippen LogP contribution in [-0.4, -0.2) is 72.2 Å². The van der Waals surface area contributed by atoms with Gasteiger partial charge in [0.05, 0.1) is 41.3 Å². The first-order valence-electron chi connectivity index (χ1n) is 12.6. The third-order valence-electron chi connectivity index (χ3n) is 7.42. The average Bonchev–Trinajstić information content (AvgIpc) is 3.18. The van der Waals surface area contributed by atoms with Crippen LogP contribution in [0.1, 0.15) is 59.2 Å². The molecule has 2 heterocycles. The number of halogens is 2. The fourth-order valence-corrected chi connectivity index (χ4v) is 7.97. The quantitative estimate of drug-likeness (QED) is 0.435. The Bertz CT molecular complexity index is 1130. The van der Waals surface area contributed by atoms with Crippen LogP contribution in [0.2, 0.25) is 5.02 Å². The molecule has 1 saturated heterocycles. The molecule has 1 aromatic carbocycles. The van der Waals surface area contributed by atoms with Gasteiger partial charge in [-0.15, -0.1) is 23.7 Å². The van der Waals surface area contributed by atoms with Crippen molar-refractivity contribution < 1.29 is 23.1 Å². The number of aryl methyl sites for hydroxylation is 2. The van der Waals surface area contributed by atoms with Crippen LogP contribution < -0.4 is 0 Å². The molecule has 1 saturated carbocycles. The summed E-state index contributed by atoms with van der Waals surface area (Å²) in [5.41, 5.74) is 2.30. The van der Waals surface area contributed by atoms with E-state index in [1.165, 1.54) is 15.4 Å². The van der Waals surface area contributed by atoms with Gasteiger partial charge in [-0.2, -0.15) is 0 Å².